The molecule has 1 unspecified atom stereocenters. The van der Waals surface area contributed by atoms with Gasteiger partial charge in [0, 0.05) is 56.8 Å². The number of hydrogen-bond donors (Lipinski definition) is 5. The monoisotopic (exact) mass is 603 g/mol. The Morgan fingerprint density at radius 3 is 2.40 bits per heavy atom. The molecule has 0 aromatic heterocycles. The van der Waals surface area contributed by atoms with Gasteiger partial charge in [-0.3, -0.25) is 4.79 Å². The fraction of sp³-hybridized carbons (Fsp3) is 0.542. The third-order valence-electron chi connectivity index (χ3n) is 6.19. The molecule has 1 aliphatic heterocycles. The normalized spacial score (nSPS) is 29.3. The number of aliphatic hydroxyl groups excluding tert-OH is 4. The van der Waals surface area contributed by atoms with Crippen molar-refractivity contribution in [3.63, 3.8) is 0 Å². The molecule has 1 aliphatic carbocycles. The van der Waals surface area contributed by atoms with Gasteiger partial charge in [0.1, 0.15) is 37.3 Å². The van der Waals surface area contributed by atoms with Crippen LogP contribution < -0.4 is 10.1 Å². The zero-order valence-corrected chi connectivity index (χ0v) is 24.5. The fourth-order valence-electron chi connectivity index (χ4n) is 3.73. The summed E-state index contributed by atoms with van der Waals surface area (Å²) >= 11 is 0. The second kappa shape index (κ2) is 13.5. The van der Waals surface area contributed by atoms with E-state index in [9.17, 15) is 25.2 Å². The Morgan fingerprint density at radius 2 is 1.83 bits per heavy atom. The van der Waals surface area contributed by atoms with Crippen molar-refractivity contribution in [1.29, 1.82) is 0 Å². The molecule has 0 spiro atoms. The Balaban J connectivity index is 0.00000306. The van der Waals surface area contributed by atoms with E-state index in [-0.39, 0.29) is 58.1 Å². The van der Waals surface area contributed by atoms with Crippen LogP contribution in [0, 0.1) is 25.9 Å². The quantitative estimate of drug-likeness (QED) is 0.224. The molecule has 2 radical (unpaired) electrons. The van der Waals surface area contributed by atoms with Crippen molar-refractivity contribution < 1.29 is 90.7 Å². The van der Waals surface area contributed by atoms with Crippen LogP contribution in [0.2, 0.25) is 0 Å². The maximum atomic E-state index is 12.7. The summed E-state index contributed by atoms with van der Waals surface area (Å²) < 4.78 is 16.2. The van der Waals surface area contributed by atoms with Gasteiger partial charge in [0.25, 0.3) is 0 Å². The molecule has 11 heteroatoms. The fourth-order valence-corrected chi connectivity index (χ4v) is 3.73. The molecule has 3 rings (SSSR count). The summed E-state index contributed by atoms with van der Waals surface area (Å²) in [5.41, 5.74) is 1.29. The molecular formula is C24H33NO8VY-2. The van der Waals surface area contributed by atoms with E-state index in [1.54, 1.807) is 31.7 Å². The van der Waals surface area contributed by atoms with Crippen LogP contribution in [-0.4, -0.2) is 75.8 Å². The predicted molar refractivity (Wildman–Crippen MR) is 119 cm³/mol. The van der Waals surface area contributed by atoms with Crippen molar-refractivity contribution in [3.05, 3.63) is 48.4 Å². The van der Waals surface area contributed by atoms with Crippen LogP contribution in [0.15, 0.2) is 23.8 Å². The first-order chi connectivity index (χ1) is 15.4. The molecule has 9 nitrogen and oxygen atoms in total. The second-order valence-electron chi connectivity index (χ2n) is 9.28. The molecule has 2 fully saturated rings. The number of rotatable bonds is 7. The summed E-state index contributed by atoms with van der Waals surface area (Å²) in [5, 5.41) is 43.4. The van der Waals surface area contributed by atoms with Crippen molar-refractivity contribution in [2.45, 2.75) is 70.4 Å². The zero-order chi connectivity index (χ0) is 24.5. The van der Waals surface area contributed by atoms with Crippen LogP contribution >= 0.6 is 0 Å². The molecule has 7 atom stereocenters. The number of aliphatic hydroxyl groups is 4. The van der Waals surface area contributed by atoms with Gasteiger partial charge in [-0.15, -0.1) is 5.41 Å². The number of aryl methyl sites for hydroxylation is 1. The minimum absolute atomic E-state index is 0. The van der Waals surface area contributed by atoms with Gasteiger partial charge in [0.15, 0.2) is 0 Å². The van der Waals surface area contributed by atoms with Crippen molar-refractivity contribution in [2.75, 3.05) is 6.79 Å². The average molecular weight is 603 g/mol. The van der Waals surface area contributed by atoms with Gasteiger partial charge in [0.05, 0.1) is 11.8 Å². The Hall–Kier alpha value is -0.322. The van der Waals surface area contributed by atoms with Gasteiger partial charge < -0.3 is 46.9 Å². The molecule has 1 saturated carbocycles. The Kier molecular flexibility index (Phi) is 12.6. The van der Waals surface area contributed by atoms with Crippen LogP contribution in [-0.2, 0) is 65.5 Å². The van der Waals surface area contributed by atoms with Gasteiger partial charge in [-0.1, -0.05) is 26.0 Å². The SMILES string of the molecule is [CH2-][C@@H](O)C(C)(C)[CH-]Oc1ccc(/C=C(\C)C(=O)NC2[C@@H](O)[C@@H]3OCO[C@@H]3[C@H](O)[C@H]2O)cc1C.[V].[Y]. The molecule has 2 aliphatic rings. The molecular weight excluding hydrogens is 570 g/mol. The number of carbonyl (C=O) groups is 1. The van der Waals surface area contributed by atoms with E-state index < -0.39 is 54.0 Å². The molecule has 192 valence electrons. The van der Waals surface area contributed by atoms with Gasteiger partial charge in [-0.2, -0.15) is 6.61 Å². The molecule has 35 heavy (non-hydrogen) atoms. The summed E-state index contributed by atoms with van der Waals surface area (Å²) in [4.78, 5) is 12.7. The van der Waals surface area contributed by atoms with E-state index in [1.807, 2.05) is 26.8 Å². The van der Waals surface area contributed by atoms with Gasteiger partial charge in [-0.25, -0.2) is 0 Å². The third-order valence-corrected chi connectivity index (χ3v) is 6.19. The van der Waals surface area contributed by atoms with E-state index >= 15 is 0 Å². The van der Waals surface area contributed by atoms with Crippen molar-refractivity contribution in [1.82, 2.24) is 5.32 Å². The smallest absolute Gasteiger partial charge is 0.247 e. The summed E-state index contributed by atoms with van der Waals surface area (Å²) in [5.74, 6) is 0.110. The van der Waals surface area contributed by atoms with E-state index in [1.165, 1.54) is 0 Å². The summed E-state index contributed by atoms with van der Waals surface area (Å²) in [6.07, 6.45) is -4.77. The number of ether oxygens (including phenoxy) is 3. The first-order valence-electron chi connectivity index (χ1n) is 10.8. The summed E-state index contributed by atoms with van der Waals surface area (Å²) in [6.45, 7) is 12.2. The average Bonchev–Trinajstić information content (AvgIpc) is 3.24. The van der Waals surface area contributed by atoms with Crippen LogP contribution in [0.3, 0.4) is 0 Å². The van der Waals surface area contributed by atoms with E-state index in [0.717, 1.165) is 11.1 Å². The van der Waals surface area contributed by atoms with Crippen LogP contribution in [0.25, 0.3) is 6.08 Å². The van der Waals surface area contributed by atoms with E-state index in [4.69, 9.17) is 14.2 Å². The standard InChI is InChI=1S/C24H33NO8.V.Y/c1-12-8-15(6-7-16(12)31-10-24(4,5)14(3)26)9-13(2)23(30)25-17-18(27)20(29)22-21(19(17)28)32-11-33-22;;/h6-10,14,17-22,26-29H,3,11H2,1-2,4-5H3,(H,25,30);;/q-2;;/b13-9+;;/t14-,17?,18+,19-,20-,21+,22-;;/m1../s1. The van der Waals surface area contributed by atoms with Crippen molar-refractivity contribution in [3.8, 4) is 5.75 Å². The van der Waals surface area contributed by atoms with E-state index in [0.29, 0.717) is 11.3 Å². The molecule has 1 aromatic rings. The first kappa shape index (κ1) is 32.7. The van der Waals surface area contributed by atoms with Gasteiger partial charge in [-0.05, 0) is 43.2 Å². The molecule has 1 saturated heterocycles. The number of hydrogen-bond acceptors (Lipinski definition) is 8. The molecule has 1 aromatic carbocycles. The van der Waals surface area contributed by atoms with Crippen LogP contribution in [0.4, 0.5) is 0 Å². The Bertz CT molecular complexity index is 896. The van der Waals surface area contributed by atoms with Crippen molar-refractivity contribution in [2.24, 2.45) is 5.41 Å². The number of nitrogens with one attached hydrogen (secondary N) is 1. The number of carbonyl (C=O) groups excluding carboxylic acids is 1. The summed E-state index contributed by atoms with van der Waals surface area (Å²) in [6, 6.07) is 4.27. The predicted octanol–water partition coefficient (Wildman–Crippen LogP) is 0.478. The van der Waals surface area contributed by atoms with Crippen LogP contribution in [0.5, 0.6) is 5.75 Å². The number of amides is 1. The summed E-state index contributed by atoms with van der Waals surface area (Å²) in [7, 11) is 0. The minimum Gasteiger partial charge on any atom is -0.662 e. The molecule has 0 bridgehead atoms. The third kappa shape index (κ3) is 7.60. The minimum atomic E-state index is -1.41. The Morgan fingerprint density at radius 1 is 1.23 bits per heavy atom. The molecule has 1 heterocycles. The van der Waals surface area contributed by atoms with Gasteiger partial charge in [0.2, 0.25) is 5.91 Å². The number of benzene rings is 1. The maximum absolute atomic E-state index is 12.7. The topological polar surface area (TPSA) is 138 Å². The van der Waals surface area contributed by atoms with Gasteiger partial charge >= 0.3 is 0 Å². The Labute approximate surface area is 243 Å². The molecule has 5 N–H and O–H groups in total. The largest absolute Gasteiger partial charge is 0.662 e. The first-order valence-corrected chi connectivity index (χ1v) is 10.8. The maximum Gasteiger partial charge on any atom is 0.247 e. The number of fused-ring (bicyclic) bond motifs is 1. The van der Waals surface area contributed by atoms with E-state index in [2.05, 4.69) is 12.2 Å². The molecule has 1 amide bonds. The zero-order valence-electron chi connectivity index (χ0n) is 20.3. The van der Waals surface area contributed by atoms with Crippen molar-refractivity contribution >= 4 is 12.0 Å². The second-order valence-corrected chi connectivity index (χ2v) is 9.28. The van der Waals surface area contributed by atoms with Crippen LogP contribution in [0.1, 0.15) is 31.9 Å².